The lowest BCUT2D eigenvalue weighted by molar-refractivity contribution is -0.135. The molecule has 0 spiro atoms. The number of rotatable bonds is 2. The maximum absolute atomic E-state index is 12.9. The van der Waals surface area contributed by atoms with Crippen LogP contribution < -0.4 is 5.32 Å². The molecule has 1 aliphatic carbocycles. The van der Waals surface area contributed by atoms with Crippen LogP contribution in [-0.4, -0.2) is 13.0 Å². The van der Waals surface area contributed by atoms with E-state index < -0.39 is 11.5 Å². The molecule has 1 fully saturated rings. The van der Waals surface area contributed by atoms with Crippen molar-refractivity contribution in [2.45, 2.75) is 24.3 Å². The van der Waals surface area contributed by atoms with Crippen LogP contribution in [-0.2, 0) is 5.54 Å². The lowest BCUT2D eigenvalue weighted by atomic mass is 9.69. The molecule has 0 aromatic heterocycles. The predicted molar refractivity (Wildman–Crippen MR) is 51.3 cm³/mol. The van der Waals surface area contributed by atoms with Crippen molar-refractivity contribution in [3.8, 4) is 0 Å². The number of hydrogen-bond acceptors (Lipinski definition) is 1. The molecule has 1 aliphatic rings. The molecule has 0 atom stereocenters. The molecule has 82 valence electrons. The Morgan fingerprint density at radius 1 is 1.13 bits per heavy atom. The van der Waals surface area contributed by atoms with Crippen LogP contribution in [0.5, 0.6) is 0 Å². The average Bonchev–Trinajstić information content (AvgIpc) is 2.14. The van der Waals surface area contributed by atoms with Gasteiger partial charge in [0, 0.05) is 12.8 Å². The molecule has 0 bridgehead atoms. The first-order valence-electron chi connectivity index (χ1n) is 4.80. The summed E-state index contributed by atoms with van der Waals surface area (Å²) in [4.78, 5) is 0. The second kappa shape index (κ2) is 3.23. The zero-order valence-corrected chi connectivity index (χ0v) is 8.36. The summed E-state index contributed by atoms with van der Waals surface area (Å²) in [5.41, 5.74) is 0.0364. The Morgan fingerprint density at radius 3 is 2.07 bits per heavy atom. The van der Waals surface area contributed by atoms with Gasteiger partial charge in [-0.3, -0.25) is 0 Å². The summed E-state index contributed by atoms with van der Waals surface area (Å²) in [6.07, 6.45) is -0.440. The van der Waals surface area contributed by atoms with E-state index >= 15 is 0 Å². The van der Waals surface area contributed by atoms with Crippen molar-refractivity contribution in [2.24, 2.45) is 0 Å². The molecule has 4 heteroatoms. The minimum absolute atomic E-state index is 0.220. The summed E-state index contributed by atoms with van der Waals surface area (Å²) in [7, 11) is 1.65. The second-order valence-electron chi connectivity index (χ2n) is 4.05. The molecule has 1 aromatic carbocycles. The van der Waals surface area contributed by atoms with Gasteiger partial charge in [0.1, 0.15) is 5.82 Å². The third-order valence-electron chi connectivity index (χ3n) is 3.00. The van der Waals surface area contributed by atoms with Gasteiger partial charge in [0.15, 0.2) is 0 Å². The van der Waals surface area contributed by atoms with Gasteiger partial charge in [0.2, 0.25) is 0 Å². The van der Waals surface area contributed by atoms with Crippen LogP contribution in [0, 0.1) is 5.82 Å². The Morgan fingerprint density at radius 2 is 1.67 bits per heavy atom. The molecule has 1 N–H and O–H groups in total. The van der Waals surface area contributed by atoms with Gasteiger partial charge in [-0.25, -0.2) is 13.2 Å². The van der Waals surface area contributed by atoms with Crippen molar-refractivity contribution in [3.63, 3.8) is 0 Å². The highest BCUT2D eigenvalue weighted by Crippen LogP contribution is 2.51. The fourth-order valence-corrected chi connectivity index (χ4v) is 2.13. The average molecular weight is 215 g/mol. The Balaban J connectivity index is 2.25. The third-order valence-corrected chi connectivity index (χ3v) is 3.00. The normalized spacial score (nSPS) is 22.1. The number of hydrogen-bond donors (Lipinski definition) is 1. The lowest BCUT2D eigenvalue weighted by Gasteiger charge is -2.47. The van der Waals surface area contributed by atoms with Crippen molar-refractivity contribution in [2.75, 3.05) is 7.05 Å². The summed E-state index contributed by atoms with van der Waals surface area (Å²) in [5.74, 6) is -2.95. The highest BCUT2D eigenvalue weighted by atomic mass is 19.3. The second-order valence-corrected chi connectivity index (χ2v) is 4.05. The highest BCUT2D eigenvalue weighted by molar-refractivity contribution is 5.29. The van der Waals surface area contributed by atoms with E-state index in [2.05, 4.69) is 5.32 Å². The first-order chi connectivity index (χ1) is 6.97. The predicted octanol–water partition coefficient (Wildman–Crippen LogP) is 2.67. The molecule has 0 saturated heterocycles. The number of alkyl halides is 2. The summed E-state index contributed by atoms with van der Waals surface area (Å²) in [6, 6.07) is 5.71. The van der Waals surface area contributed by atoms with Crippen molar-refractivity contribution >= 4 is 0 Å². The first-order valence-corrected chi connectivity index (χ1v) is 4.80. The molecule has 1 nitrogen and oxygen atoms in total. The van der Waals surface area contributed by atoms with Gasteiger partial charge >= 0.3 is 0 Å². The molecule has 0 heterocycles. The van der Waals surface area contributed by atoms with E-state index in [4.69, 9.17) is 0 Å². The molecular formula is C11H12F3N. The fourth-order valence-electron chi connectivity index (χ4n) is 2.13. The van der Waals surface area contributed by atoms with E-state index in [0.29, 0.717) is 0 Å². The SMILES string of the molecule is CNC1(c2ccc(F)cc2)CC(F)(F)C1. The molecule has 1 aromatic rings. The Hall–Kier alpha value is -1.03. The maximum atomic E-state index is 12.9. The van der Waals surface area contributed by atoms with Crippen LogP contribution in [0.25, 0.3) is 0 Å². The van der Waals surface area contributed by atoms with E-state index in [0.717, 1.165) is 5.56 Å². The van der Waals surface area contributed by atoms with E-state index in [1.165, 1.54) is 12.1 Å². The van der Waals surface area contributed by atoms with Crippen molar-refractivity contribution in [3.05, 3.63) is 35.6 Å². The smallest absolute Gasteiger partial charge is 0.252 e. The number of benzene rings is 1. The molecule has 0 aliphatic heterocycles. The molecule has 0 amide bonds. The molecule has 15 heavy (non-hydrogen) atoms. The van der Waals surface area contributed by atoms with E-state index in [9.17, 15) is 13.2 Å². The topological polar surface area (TPSA) is 12.0 Å². The summed E-state index contributed by atoms with van der Waals surface area (Å²) in [5, 5.41) is 2.90. The van der Waals surface area contributed by atoms with Crippen LogP contribution in [0.4, 0.5) is 13.2 Å². The molecule has 0 unspecified atom stereocenters. The van der Waals surface area contributed by atoms with Crippen molar-refractivity contribution < 1.29 is 13.2 Å². The monoisotopic (exact) mass is 215 g/mol. The quantitative estimate of drug-likeness (QED) is 0.799. The van der Waals surface area contributed by atoms with Crippen molar-refractivity contribution in [1.82, 2.24) is 5.32 Å². The highest BCUT2D eigenvalue weighted by Gasteiger charge is 2.56. The Kier molecular flexibility index (Phi) is 2.26. The number of nitrogens with one attached hydrogen (secondary N) is 1. The number of halogens is 3. The minimum atomic E-state index is -2.60. The summed E-state index contributed by atoms with van der Waals surface area (Å²) < 4.78 is 38.4. The lowest BCUT2D eigenvalue weighted by Crippen LogP contribution is -2.57. The van der Waals surface area contributed by atoms with E-state index in [1.54, 1.807) is 19.2 Å². The largest absolute Gasteiger partial charge is 0.310 e. The van der Waals surface area contributed by atoms with E-state index in [1.807, 2.05) is 0 Å². The van der Waals surface area contributed by atoms with Gasteiger partial charge in [0.05, 0.1) is 5.54 Å². The van der Waals surface area contributed by atoms with Gasteiger partial charge in [-0.15, -0.1) is 0 Å². The zero-order chi connectivity index (χ0) is 11.1. The van der Waals surface area contributed by atoms with Crippen LogP contribution in [0.3, 0.4) is 0 Å². The summed E-state index contributed by atoms with van der Waals surface area (Å²) >= 11 is 0. The van der Waals surface area contributed by atoms with Crippen LogP contribution in [0.15, 0.2) is 24.3 Å². The van der Waals surface area contributed by atoms with Crippen molar-refractivity contribution in [1.29, 1.82) is 0 Å². The minimum Gasteiger partial charge on any atom is -0.310 e. The first kappa shape index (κ1) is 10.5. The van der Waals surface area contributed by atoms with Crippen LogP contribution in [0.2, 0.25) is 0 Å². The van der Waals surface area contributed by atoms with Crippen LogP contribution in [0.1, 0.15) is 18.4 Å². The molecule has 2 rings (SSSR count). The third kappa shape index (κ3) is 1.74. The standard InChI is InChI=1S/C11H12F3N/c1-15-10(6-11(13,14)7-10)8-2-4-9(12)5-3-8/h2-5,15H,6-7H2,1H3. The van der Waals surface area contributed by atoms with Gasteiger partial charge in [-0.05, 0) is 24.7 Å². The molecule has 1 saturated carbocycles. The zero-order valence-electron chi connectivity index (χ0n) is 8.36. The molecule has 0 radical (unpaired) electrons. The van der Waals surface area contributed by atoms with Gasteiger partial charge in [0.25, 0.3) is 5.92 Å². The maximum Gasteiger partial charge on any atom is 0.252 e. The summed E-state index contributed by atoms with van der Waals surface area (Å²) in [6.45, 7) is 0. The van der Waals surface area contributed by atoms with Crippen LogP contribution >= 0.6 is 0 Å². The van der Waals surface area contributed by atoms with Gasteiger partial charge < -0.3 is 5.32 Å². The molecular weight excluding hydrogens is 203 g/mol. The fraction of sp³-hybridized carbons (Fsp3) is 0.455. The Bertz CT molecular complexity index is 351. The van der Waals surface area contributed by atoms with Gasteiger partial charge in [-0.2, -0.15) is 0 Å². The van der Waals surface area contributed by atoms with Gasteiger partial charge in [-0.1, -0.05) is 12.1 Å². The Labute approximate surface area is 86.3 Å². The van der Waals surface area contributed by atoms with E-state index in [-0.39, 0.29) is 18.7 Å².